The second-order valence-corrected chi connectivity index (χ2v) is 5.26. The van der Waals surface area contributed by atoms with E-state index in [0.717, 1.165) is 29.4 Å². The first-order chi connectivity index (χ1) is 8.25. The topological polar surface area (TPSA) is 41.1 Å². The van der Waals surface area contributed by atoms with Gasteiger partial charge in [-0.1, -0.05) is 34.5 Å². The Bertz CT molecular complexity index is 377. The minimum absolute atomic E-state index is 0. The van der Waals surface area contributed by atoms with Crippen LogP contribution in [-0.4, -0.2) is 18.5 Å². The molecule has 2 rings (SSSR count). The largest absolute Gasteiger partial charge is 0.351 e. The summed E-state index contributed by atoms with van der Waals surface area (Å²) >= 11 is 3.39. The predicted octanol–water partition coefficient (Wildman–Crippen LogP) is 2.63. The van der Waals surface area contributed by atoms with Crippen LogP contribution in [0.25, 0.3) is 0 Å². The number of carbonyl (C=O) groups excluding carboxylic acids is 1. The molecule has 1 aromatic rings. The summed E-state index contributed by atoms with van der Waals surface area (Å²) in [6, 6.07) is 8.00. The van der Waals surface area contributed by atoms with Crippen LogP contribution in [-0.2, 0) is 11.3 Å². The van der Waals surface area contributed by atoms with E-state index in [1.807, 2.05) is 24.3 Å². The third-order valence-corrected chi connectivity index (χ3v) is 3.54. The third kappa shape index (κ3) is 4.59. The zero-order chi connectivity index (χ0) is 12.1. The molecule has 1 heterocycles. The van der Waals surface area contributed by atoms with E-state index in [-0.39, 0.29) is 24.4 Å². The molecule has 5 heteroatoms. The van der Waals surface area contributed by atoms with E-state index in [1.165, 1.54) is 6.42 Å². The first-order valence-electron chi connectivity index (χ1n) is 6.01. The van der Waals surface area contributed by atoms with Gasteiger partial charge in [0, 0.05) is 11.0 Å². The van der Waals surface area contributed by atoms with Crippen molar-refractivity contribution in [2.45, 2.75) is 31.8 Å². The van der Waals surface area contributed by atoms with E-state index < -0.39 is 0 Å². The number of carbonyl (C=O) groups is 1. The van der Waals surface area contributed by atoms with Gasteiger partial charge in [-0.15, -0.1) is 12.4 Å². The fourth-order valence-corrected chi connectivity index (χ4v) is 2.25. The maximum absolute atomic E-state index is 11.9. The average Bonchev–Trinajstić information content (AvgIpc) is 2.39. The van der Waals surface area contributed by atoms with Crippen molar-refractivity contribution in [3.63, 3.8) is 0 Å². The van der Waals surface area contributed by atoms with Gasteiger partial charge in [0.15, 0.2) is 0 Å². The molecule has 1 aromatic carbocycles. The molecular formula is C13H18BrClN2O. The van der Waals surface area contributed by atoms with Gasteiger partial charge in [0.1, 0.15) is 0 Å². The Morgan fingerprint density at radius 2 is 2.06 bits per heavy atom. The minimum Gasteiger partial charge on any atom is -0.351 e. The maximum Gasteiger partial charge on any atom is 0.237 e. The Kier molecular flexibility index (Phi) is 6.68. The summed E-state index contributed by atoms with van der Waals surface area (Å²) in [7, 11) is 0. The number of benzene rings is 1. The molecule has 0 bridgehead atoms. The molecule has 18 heavy (non-hydrogen) atoms. The molecule has 1 amide bonds. The summed E-state index contributed by atoms with van der Waals surface area (Å²) < 4.78 is 1.06. The van der Waals surface area contributed by atoms with Gasteiger partial charge in [-0.2, -0.15) is 0 Å². The van der Waals surface area contributed by atoms with Crippen molar-refractivity contribution in [2.75, 3.05) is 6.54 Å². The Morgan fingerprint density at radius 3 is 2.67 bits per heavy atom. The lowest BCUT2D eigenvalue weighted by Gasteiger charge is -2.22. The SMILES string of the molecule is Cl.O=C(NCc1ccc(Br)cc1)C1CCCCN1. The lowest BCUT2D eigenvalue weighted by Crippen LogP contribution is -2.46. The van der Waals surface area contributed by atoms with Crippen molar-refractivity contribution in [1.29, 1.82) is 0 Å². The van der Waals surface area contributed by atoms with Crippen LogP contribution in [0, 0.1) is 0 Å². The minimum atomic E-state index is -0.000742. The van der Waals surface area contributed by atoms with Gasteiger partial charge in [0.2, 0.25) is 5.91 Å². The monoisotopic (exact) mass is 332 g/mol. The first-order valence-corrected chi connectivity index (χ1v) is 6.80. The average molecular weight is 334 g/mol. The highest BCUT2D eigenvalue weighted by molar-refractivity contribution is 9.10. The smallest absolute Gasteiger partial charge is 0.237 e. The van der Waals surface area contributed by atoms with Crippen LogP contribution in [0.3, 0.4) is 0 Å². The Balaban J connectivity index is 0.00000162. The van der Waals surface area contributed by atoms with E-state index >= 15 is 0 Å². The summed E-state index contributed by atoms with van der Waals surface area (Å²) in [6.07, 6.45) is 3.27. The van der Waals surface area contributed by atoms with Crippen molar-refractivity contribution >= 4 is 34.2 Å². The number of hydrogen-bond acceptors (Lipinski definition) is 2. The Labute approximate surface area is 122 Å². The molecule has 1 unspecified atom stereocenters. The summed E-state index contributed by atoms with van der Waals surface area (Å²) in [5.74, 6) is 0.118. The van der Waals surface area contributed by atoms with Gasteiger partial charge in [0.25, 0.3) is 0 Å². The van der Waals surface area contributed by atoms with Crippen LogP contribution in [0.15, 0.2) is 28.7 Å². The number of halogens is 2. The summed E-state index contributed by atoms with van der Waals surface area (Å²) in [4.78, 5) is 11.9. The normalized spacial score (nSPS) is 18.8. The molecule has 0 aliphatic carbocycles. The highest BCUT2D eigenvalue weighted by Crippen LogP contribution is 2.11. The fraction of sp³-hybridized carbons (Fsp3) is 0.462. The fourth-order valence-electron chi connectivity index (χ4n) is 1.99. The molecule has 3 nitrogen and oxygen atoms in total. The number of hydrogen-bond donors (Lipinski definition) is 2. The molecule has 1 fully saturated rings. The van der Waals surface area contributed by atoms with E-state index in [0.29, 0.717) is 6.54 Å². The van der Waals surface area contributed by atoms with Gasteiger partial charge in [0.05, 0.1) is 6.04 Å². The molecule has 0 radical (unpaired) electrons. The molecule has 100 valence electrons. The summed E-state index contributed by atoms with van der Waals surface area (Å²) in [5, 5.41) is 6.22. The predicted molar refractivity (Wildman–Crippen MR) is 78.9 cm³/mol. The van der Waals surface area contributed by atoms with E-state index in [2.05, 4.69) is 26.6 Å². The standard InChI is InChI=1S/C13H17BrN2O.ClH/c14-11-6-4-10(5-7-11)9-16-13(17)12-3-1-2-8-15-12;/h4-7,12,15H,1-3,8-9H2,(H,16,17);1H. The molecule has 1 aliphatic rings. The quantitative estimate of drug-likeness (QED) is 0.893. The number of nitrogens with one attached hydrogen (secondary N) is 2. The molecular weight excluding hydrogens is 316 g/mol. The number of piperidine rings is 1. The van der Waals surface area contributed by atoms with Crippen molar-refractivity contribution < 1.29 is 4.79 Å². The first kappa shape index (κ1) is 15.5. The van der Waals surface area contributed by atoms with Gasteiger partial charge < -0.3 is 10.6 Å². The van der Waals surface area contributed by atoms with Gasteiger partial charge in [-0.25, -0.2) is 0 Å². The van der Waals surface area contributed by atoms with E-state index in [1.54, 1.807) is 0 Å². The molecule has 0 spiro atoms. The van der Waals surface area contributed by atoms with Crippen LogP contribution >= 0.6 is 28.3 Å². The summed E-state index contributed by atoms with van der Waals surface area (Å²) in [5.41, 5.74) is 1.12. The van der Waals surface area contributed by atoms with E-state index in [4.69, 9.17) is 0 Å². The highest BCUT2D eigenvalue weighted by atomic mass is 79.9. The Morgan fingerprint density at radius 1 is 1.33 bits per heavy atom. The van der Waals surface area contributed by atoms with Gasteiger partial charge in [-0.05, 0) is 37.1 Å². The Hall–Kier alpha value is -0.580. The summed E-state index contributed by atoms with van der Waals surface area (Å²) in [6.45, 7) is 1.56. The molecule has 1 aliphatic heterocycles. The number of rotatable bonds is 3. The van der Waals surface area contributed by atoms with Crippen molar-refractivity contribution in [1.82, 2.24) is 10.6 Å². The van der Waals surface area contributed by atoms with Crippen molar-refractivity contribution in [3.8, 4) is 0 Å². The van der Waals surface area contributed by atoms with Crippen LogP contribution in [0.2, 0.25) is 0 Å². The lowest BCUT2D eigenvalue weighted by molar-refractivity contribution is -0.123. The van der Waals surface area contributed by atoms with Crippen LogP contribution in [0.4, 0.5) is 0 Å². The van der Waals surface area contributed by atoms with Gasteiger partial charge in [-0.3, -0.25) is 4.79 Å². The molecule has 1 saturated heterocycles. The van der Waals surface area contributed by atoms with E-state index in [9.17, 15) is 4.79 Å². The maximum atomic E-state index is 11.9. The third-order valence-electron chi connectivity index (χ3n) is 3.01. The van der Waals surface area contributed by atoms with Crippen molar-refractivity contribution in [2.24, 2.45) is 0 Å². The molecule has 1 atom stereocenters. The van der Waals surface area contributed by atoms with Crippen LogP contribution in [0.5, 0.6) is 0 Å². The number of amides is 1. The zero-order valence-electron chi connectivity index (χ0n) is 10.1. The van der Waals surface area contributed by atoms with Crippen LogP contribution in [0.1, 0.15) is 24.8 Å². The lowest BCUT2D eigenvalue weighted by atomic mass is 10.0. The van der Waals surface area contributed by atoms with Crippen LogP contribution < -0.4 is 10.6 Å². The molecule has 2 N–H and O–H groups in total. The van der Waals surface area contributed by atoms with Gasteiger partial charge >= 0.3 is 0 Å². The van der Waals surface area contributed by atoms with Crippen molar-refractivity contribution in [3.05, 3.63) is 34.3 Å². The molecule has 0 aromatic heterocycles. The second-order valence-electron chi connectivity index (χ2n) is 4.35. The molecule has 0 saturated carbocycles. The second kappa shape index (κ2) is 7.77. The zero-order valence-corrected chi connectivity index (χ0v) is 12.5. The highest BCUT2D eigenvalue weighted by Gasteiger charge is 2.19.